The third-order valence-corrected chi connectivity index (χ3v) is 6.04. The van der Waals surface area contributed by atoms with Crippen molar-refractivity contribution in [2.75, 3.05) is 27.7 Å². The highest BCUT2D eigenvalue weighted by atomic mass is 32.1. The van der Waals surface area contributed by atoms with Crippen LogP contribution in [0.25, 0.3) is 0 Å². The number of nitrogens with zero attached hydrogens (tertiary/aromatic N) is 3. The molecule has 3 rings (SSSR count). The molecule has 2 N–H and O–H groups in total. The fraction of sp³-hybridized carbons (Fsp3) is 0.579. The number of fused-ring (bicyclic) bond motifs is 1. The van der Waals surface area contributed by atoms with Crippen LogP contribution in [0.3, 0.4) is 0 Å². The monoisotopic (exact) mass is 375 g/mol. The molecule has 1 atom stereocenters. The number of nitrogens with one attached hydrogen (secondary N) is 2. The molecule has 1 aliphatic carbocycles. The zero-order valence-corrected chi connectivity index (χ0v) is 16.7. The summed E-state index contributed by atoms with van der Waals surface area (Å²) in [7, 11) is 5.92. The van der Waals surface area contributed by atoms with Crippen molar-refractivity contribution in [2.24, 2.45) is 0 Å². The average molecular weight is 376 g/mol. The number of rotatable bonds is 6. The molecule has 0 aromatic carbocycles. The maximum Gasteiger partial charge on any atom is 0.317 e. The van der Waals surface area contributed by atoms with E-state index in [0.717, 1.165) is 18.5 Å². The Bertz CT molecular complexity index is 710. The first-order valence-corrected chi connectivity index (χ1v) is 10.2. The van der Waals surface area contributed by atoms with Crippen molar-refractivity contribution in [3.8, 4) is 0 Å². The summed E-state index contributed by atoms with van der Waals surface area (Å²) in [5, 5.41) is 12.8. The summed E-state index contributed by atoms with van der Waals surface area (Å²) in [5.41, 5.74) is 3.60. The SMILES string of the molecule is CN(Cc1n[nH]c2c1CCCCC2)C(=O)NC[C@@H](c1cccs1)N(C)C. The summed E-state index contributed by atoms with van der Waals surface area (Å²) in [6.07, 6.45) is 5.84. The standard InChI is InChI=1S/C19H29N5OS/c1-23(2)17(18-10-7-11-26-18)12-20-19(25)24(3)13-16-14-8-5-4-6-9-15(14)21-22-16/h7,10-11,17H,4-6,8-9,12-13H2,1-3H3,(H,20,25)(H,21,22)/t17-/m0/s1. The number of amides is 2. The molecule has 2 amide bonds. The number of thiophene rings is 1. The van der Waals surface area contributed by atoms with Crippen LogP contribution >= 0.6 is 11.3 Å². The van der Waals surface area contributed by atoms with Crippen LogP contribution in [-0.4, -0.2) is 53.7 Å². The molecule has 0 unspecified atom stereocenters. The van der Waals surface area contributed by atoms with E-state index in [9.17, 15) is 4.79 Å². The number of hydrogen-bond acceptors (Lipinski definition) is 4. The number of urea groups is 1. The Kier molecular flexibility index (Phi) is 6.32. The Hall–Kier alpha value is -1.86. The van der Waals surface area contributed by atoms with Gasteiger partial charge in [-0.05, 0) is 56.8 Å². The van der Waals surface area contributed by atoms with Gasteiger partial charge < -0.3 is 15.1 Å². The molecule has 0 radical (unpaired) electrons. The van der Waals surface area contributed by atoms with Gasteiger partial charge in [0.15, 0.2) is 0 Å². The molecule has 0 bridgehead atoms. The Morgan fingerprint density at radius 2 is 2.12 bits per heavy atom. The van der Waals surface area contributed by atoms with Crippen molar-refractivity contribution in [3.05, 3.63) is 39.3 Å². The number of aromatic amines is 1. The smallest absolute Gasteiger partial charge is 0.317 e. The number of aromatic nitrogens is 2. The largest absolute Gasteiger partial charge is 0.336 e. The highest BCUT2D eigenvalue weighted by Crippen LogP contribution is 2.23. The molecular weight excluding hydrogens is 346 g/mol. The van der Waals surface area contributed by atoms with E-state index in [1.807, 2.05) is 27.2 Å². The number of likely N-dealkylation sites (N-methyl/N-ethyl adjacent to an activating group) is 1. The lowest BCUT2D eigenvalue weighted by atomic mass is 10.1. The highest BCUT2D eigenvalue weighted by Gasteiger charge is 2.20. The van der Waals surface area contributed by atoms with Crippen molar-refractivity contribution < 1.29 is 4.79 Å². The van der Waals surface area contributed by atoms with Crippen molar-refractivity contribution in [2.45, 2.75) is 44.7 Å². The predicted molar refractivity (Wildman–Crippen MR) is 105 cm³/mol. The minimum atomic E-state index is -0.0567. The van der Waals surface area contributed by atoms with Crippen molar-refractivity contribution >= 4 is 17.4 Å². The van der Waals surface area contributed by atoms with Gasteiger partial charge in [-0.3, -0.25) is 5.10 Å². The number of hydrogen-bond donors (Lipinski definition) is 2. The zero-order chi connectivity index (χ0) is 18.5. The van der Waals surface area contributed by atoms with E-state index in [0.29, 0.717) is 13.1 Å². The van der Waals surface area contributed by atoms with E-state index in [-0.39, 0.29) is 12.1 Å². The summed E-state index contributed by atoms with van der Waals surface area (Å²) in [5.74, 6) is 0. The molecular formula is C19H29N5OS. The summed E-state index contributed by atoms with van der Waals surface area (Å²) in [6, 6.07) is 4.30. The van der Waals surface area contributed by atoms with Crippen LogP contribution < -0.4 is 5.32 Å². The second-order valence-electron chi connectivity index (χ2n) is 7.23. The molecule has 26 heavy (non-hydrogen) atoms. The quantitative estimate of drug-likeness (QED) is 0.762. The maximum absolute atomic E-state index is 12.6. The Labute approximate surface area is 159 Å². The van der Waals surface area contributed by atoms with Crippen LogP contribution in [0.15, 0.2) is 17.5 Å². The lowest BCUT2D eigenvalue weighted by molar-refractivity contribution is 0.200. The number of aryl methyl sites for hydroxylation is 1. The molecule has 2 heterocycles. The van der Waals surface area contributed by atoms with Gasteiger partial charge in [0.2, 0.25) is 0 Å². The van der Waals surface area contributed by atoms with Gasteiger partial charge in [0.05, 0.1) is 18.3 Å². The molecule has 7 heteroatoms. The molecule has 2 aromatic heterocycles. The summed E-state index contributed by atoms with van der Waals surface area (Å²) < 4.78 is 0. The second-order valence-corrected chi connectivity index (χ2v) is 8.20. The molecule has 142 valence electrons. The van der Waals surface area contributed by atoms with E-state index < -0.39 is 0 Å². The Morgan fingerprint density at radius 3 is 2.85 bits per heavy atom. The molecule has 2 aromatic rings. The number of carbonyl (C=O) groups excluding carboxylic acids is 1. The fourth-order valence-electron chi connectivity index (χ4n) is 3.49. The van der Waals surface area contributed by atoms with Crippen molar-refractivity contribution in [1.82, 2.24) is 25.3 Å². The van der Waals surface area contributed by atoms with Gasteiger partial charge in [-0.2, -0.15) is 5.10 Å². The van der Waals surface area contributed by atoms with Crippen LogP contribution in [0.2, 0.25) is 0 Å². The molecule has 1 aliphatic rings. The number of carbonyl (C=O) groups is 1. The van der Waals surface area contributed by atoms with E-state index in [4.69, 9.17) is 0 Å². The van der Waals surface area contributed by atoms with Crippen LogP contribution in [0.5, 0.6) is 0 Å². The Morgan fingerprint density at radius 1 is 1.31 bits per heavy atom. The van der Waals surface area contributed by atoms with Gasteiger partial charge in [0.1, 0.15) is 0 Å². The lowest BCUT2D eigenvalue weighted by Gasteiger charge is -2.25. The lowest BCUT2D eigenvalue weighted by Crippen LogP contribution is -2.41. The summed E-state index contributed by atoms with van der Waals surface area (Å²) >= 11 is 1.72. The highest BCUT2D eigenvalue weighted by molar-refractivity contribution is 7.10. The van der Waals surface area contributed by atoms with Crippen LogP contribution in [0.4, 0.5) is 4.79 Å². The molecule has 0 saturated heterocycles. The maximum atomic E-state index is 12.6. The molecule has 0 aliphatic heterocycles. The molecule has 6 nitrogen and oxygen atoms in total. The first kappa shape index (κ1) is 18.9. The first-order valence-electron chi connectivity index (χ1n) is 9.30. The number of H-pyrrole nitrogens is 1. The average Bonchev–Trinajstić information content (AvgIpc) is 3.20. The normalized spacial score (nSPS) is 15.4. The first-order chi connectivity index (χ1) is 12.6. The Balaban J connectivity index is 1.57. The minimum absolute atomic E-state index is 0.0567. The fourth-order valence-corrected chi connectivity index (χ4v) is 4.41. The molecule has 0 saturated carbocycles. The van der Waals surface area contributed by atoms with E-state index in [1.54, 1.807) is 16.2 Å². The van der Waals surface area contributed by atoms with Crippen LogP contribution in [0.1, 0.15) is 47.1 Å². The van der Waals surface area contributed by atoms with E-state index in [1.165, 1.54) is 35.4 Å². The predicted octanol–water partition coefficient (Wildman–Crippen LogP) is 3.18. The molecule has 0 fully saturated rings. The van der Waals surface area contributed by atoms with Crippen LogP contribution in [-0.2, 0) is 19.4 Å². The van der Waals surface area contributed by atoms with Crippen molar-refractivity contribution in [3.63, 3.8) is 0 Å². The van der Waals surface area contributed by atoms with Gasteiger partial charge in [-0.15, -0.1) is 11.3 Å². The van der Waals surface area contributed by atoms with Gasteiger partial charge in [0.25, 0.3) is 0 Å². The third-order valence-electron chi connectivity index (χ3n) is 5.07. The van der Waals surface area contributed by atoms with Crippen LogP contribution in [0, 0.1) is 0 Å². The zero-order valence-electron chi connectivity index (χ0n) is 15.9. The minimum Gasteiger partial charge on any atom is -0.336 e. The van der Waals surface area contributed by atoms with Gasteiger partial charge in [-0.1, -0.05) is 12.5 Å². The van der Waals surface area contributed by atoms with Gasteiger partial charge in [0, 0.05) is 24.2 Å². The van der Waals surface area contributed by atoms with E-state index in [2.05, 4.69) is 31.9 Å². The van der Waals surface area contributed by atoms with Gasteiger partial charge >= 0.3 is 6.03 Å². The molecule has 0 spiro atoms. The third kappa shape index (κ3) is 4.45. The second kappa shape index (κ2) is 8.68. The van der Waals surface area contributed by atoms with Gasteiger partial charge in [-0.25, -0.2) is 4.79 Å². The summed E-state index contributed by atoms with van der Waals surface area (Å²) in [6.45, 7) is 1.14. The topological polar surface area (TPSA) is 64.3 Å². The summed E-state index contributed by atoms with van der Waals surface area (Å²) in [4.78, 5) is 17.7. The van der Waals surface area contributed by atoms with E-state index >= 15 is 0 Å². The van der Waals surface area contributed by atoms with Crippen molar-refractivity contribution in [1.29, 1.82) is 0 Å².